The van der Waals surface area contributed by atoms with Crippen molar-refractivity contribution in [3.8, 4) is 5.75 Å². The van der Waals surface area contributed by atoms with E-state index in [1.807, 2.05) is 61.6 Å². The molecule has 0 saturated carbocycles. The zero-order chi connectivity index (χ0) is 22.5. The predicted octanol–water partition coefficient (Wildman–Crippen LogP) is 0.0837. The summed E-state index contributed by atoms with van der Waals surface area (Å²) in [5.41, 5.74) is 6.63. The van der Waals surface area contributed by atoms with Gasteiger partial charge in [-0.1, -0.05) is 42.5 Å². The van der Waals surface area contributed by atoms with Gasteiger partial charge in [0, 0.05) is 12.6 Å². The van der Waals surface area contributed by atoms with Crippen LogP contribution >= 0.6 is 0 Å². The molecule has 31 heavy (non-hydrogen) atoms. The number of nitrogen functional groups attached to an aromatic ring is 1. The van der Waals surface area contributed by atoms with Gasteiger partial charge in [0.15, 0.2) is 0 Å². The minimum atomic E-state index is -0.675. The maximum Gasteiger partial charge on any atom is 0.332 e. The number of nitrogens with two attached hydrogens (primary N) is 1. The lowest BCUT2D eigenvalue weighted by Gasteiger charge is -2.17. The molecule has 0 bridgehead atoms. The zero-order valence-corrected chi connectivity index (χ0v) is 17.9. The standard InChI is InChI=1S/C23H26N4O4/c1-25(13-17-10-7-11-18(12-17)31-3)15-19(28)20-21(24)27(23(30)26(2)22(20)29)14-16-8-5-4-6-9-16/h4-12H,13-15,24H2,1-3H3/p+1. The normalized spacial score (nSPS) is 11.8. The molecule has 1 aromatic heterocycles. The molecule has 8 nitrogen and oxygen atoms in total. The average molecular weight is 423 g/mol. The van der Waals surface area contributed by atoms with Gasteiger partial charge in [-0.2, -0.15) is 0 Å². The summed E-state index contributed by atoms with van der Waals surface area (Å²) < 4.78 is 7.44. The van der Waals surface area contributed by atoms with E-state index in [4.69, 9.17) is 10.5 Å². The summed E-state index contributed by atoms with van der Waals surface area (Å²) in [6.45, 7) is 0.791. The highest BCUT2D eigenvalue weighted by molar-refractivity contribution is 6.00. The molecule has 0 aliphatic rings. The van der Waals surface area contributed by atoms with Crippen LogP contribution in [0, 0.1) is 0 Å². The Morgan fingerprint density at radius 2 is 1.74 bits per heavy atom. The number of hydrogen-bond acceptors (Lipinski definition) is 5. The lowest BCUT2D eigenvalue weighted by atomic mass is 10.1. The van der Waals surface area contributed by atoms with Gasteiger partial charge in [-0.3, -0.25) is 18.7 Å². The Kier molecular flexibility index (Phi) is 6.71. The Labute approximate surface area is 180 Å². The Balaban J connectivity index is 1.87. The van der Waals surface area contributed by atoms with E-state index in [2.05, 4.69) is 0 Å². The number of nitrogens with one attached hydrogen (secondary N) is 1. The van der Waals surface area contributed by atoms with Crippen LogP contribution in [-0.2, 0) is 20.1 Å². The molecule has 3 rings (SSSR count). The number of aromatic nitrogens is 2. The number of ether oxygens (including phenoxy) is 1. The first kappa shape index (κ1) is 22.0. The molecule has 0 aliphatic heterocycles. The number of methoxy groups -OCH3 is 1. The summed E-state index contributed by atoms with van der Waals surface area (Å²) in [6.07, 6.45) is 0. The van der Waals surface area contributed by atoms with Crippen LogP contribution in [-0.4, -0.2) is 35.6 Å². The van der Waals surface area contributed by atoms with Gasteiger partial charge >= 0.3 is 5.69 Å². The predicted molar refractivity (Wildman–Crippen MR) is 119 cm³/mol. The highest BCUT2D eigenvalue weighted by atomic mass is 16.5. The van der Waals surface area contributed by atoms with Crippen molar-refractivity contribution < 1.29 is 14.4 Å². The zero-order valence-electron chi connectivity index (χ0n) is 17.9. The van der Waals surface area contributed by atoms with Crippen LogP contribution in [0.1, 0.15) is 21.5 Å². The number of ketones is 1. The average Bonchev–Trinajstić information content (AvgIpc) is 2.76. The van der Waals surface area contributed by atoms with Crippen LogP contribution in [0.2, 0.25) is 0 Å². The molecule has 0 saturated heterocycles. The number of benzene rings is 2. The number of hydrogen-bond donors (Lipinski definition) is 2. The van der Waals surface area contributed by atoms with E-state index in [0.29, 0.717) is 6.54 Å². The van der Waals surface area contributed by atoms with Gasteiger partial charge in [-0.05, 0) is 17.7 Å². The maximum absolute atomic E-state index is 13.0. The largest absolute Gasteiger partial charge is 0.497 e. The van der Waals surface area contributed by atoms with Gasteiger partial charge in [-0.25, -0.2) is 4.79 Å². The molecule has 1 unspecified atom stereocenters. The van der Waals surface area contributed by atoms with Crippen molar-refractivity contribution in [2.24, 2.45) is 7.05 Å². The highest BCUT2D eigenvalue weighted by Crippen LogP contribution is 2.12. The van der Waals surface area contributed by atoms with E-state index in [-0.39, 0.29) is 24.5 Å². The smallest absolute Gasteiger partial charge is 0.332 e. The monoisotopic (exact) mass is 423 g/mol. The summed E-state index contributed by atoms with van der Waals surface area (Å²) >= 11 is 0. The molecule has 0 fully saturated rings. The second-order valence-electron chi connectivity index (χ2n) is 7.56. The second kappa shape index (κ2) is 9.44. The molecule has 0 spiro atoms. The molecule has 1 heterocycles. The fourth-order valence-electron chi connectivity index (χ4n) is 3.52. The van der Waals surface area contributed by atoms with E-state index in [1.54, 1.807) is 7.11 Å². The first-order valence-corrected chi connectivity index (χ1v) is 9.92. The van der Waals surface area contributed by atoms with Gasteiger partial charge in [0.1, 0.15) is 30.2 Å². The lowest BCUT2D eigenvalue weighted by molar-refractivity contribution is -0.884. The van der Waals surface area contributed by atoms with Crippen LogP contribution in [0.3, 0.4) is 0 Å². The molecule has 2 aromatic carbocycles. The molecule has 0 amide bonds. The molecule has 0 aliphatic carbocycles. The second-order valence-corrected chi connectivity index (χ2v) is 7.56. The lowest BCUT2D eigenvalue weighted by Crippen LogP contribution is -3.08. The third-order valence-corrected chi connectivity index (χ3v) is 5.15. The third kappa shape index (κ3) is 4.92. The van der Waals surface area contributed by atoms with Crippen molar-refractivity contribution in [2.75, 3.05) is 26.4 Å². The van der Waals surface area contributed by atoms with Crippen molar-refractivity contribution in [1.29, 1.82) is 0 Å². The van der Waals surface area contributed by atoms with Gasteiger partial charge < -0.3 is 15.4 Å². The summed E-state index contributed by atoms with van der Waals surface area (Å²) in [6, 6.07) is 16.9. The van der Waals surface area contributed by atoms with Crippen LogP contribution in [0.15, 0.2) is 64.2 Å². The number of nitrogens with zero attached hydrogens (tertiary/aromatic N) is 2. The number of likely N-dealkylation sites (N-methyl/N-ethyl adjacent to an activating group) is 1. The summed E-state index contributed by atoms with van der Waals surface area (Å²) in [4.78, 5) is 39.2. The Bertz CT molecular complexity index is 1200. The fraction of sp³-hybridized carbons (Fsp3) is 0.261. The molecule has 3 N–H and O–H groups in total. The van der Waals surface area contributed by atoms with E-state index in [9.17, 15) is 14.4 Å². The van der Waals surface area contributed by atoms with Crippen molar-refractivity contribution in [1.82, 2.24) is 9.13 Å². The van der Waals surface area contributed by atoms with Crippen LogP contribution in [0.5, 0.6) is 5.75 Å². The minimum absolute atomic E-state index is 0.0557. The number of carbonyl (C=O) groups is 1. The van der Waals surface area contributed by atoms with E-state index in [0.717, 1.165) is 26.3 Å². The van der Waals surface area contributed by atoms with Gasteiger partial charge in [0.25, 0.3) is 5.56 Å². The Morgan fingerprint density at radius 3 is 2.42 bits per heavy atom. The van der Waals surface area contributed by atoms with Crippen molar-refractivity contribution in [3.05, 3.63) is 92.1 Å². The van der Waals surface area contributed by atoms with Crippen molar-refractivity contribution >= 4 is 11.6 Å². The molecule has 3 aromatic rings. The highest BCUT2D eigenvalue weighted by Gasteiger charge is 2.24. The van der Waals surface area contributed by atoms with Crippen LogP contribution < -0.4 is 26.6 Å². The molecular formula is C23H27N4O4+. The van der Waals surface area contributed by atoms with Gasteiger partial charge in [0.2, 0.25) is 5.78 Å². The first-order valence-electron chi connectivity index (χ1n) is 9.92. The molecule has 8 heteroatoms. The Hall–Kier alpha value is -3.65. The molecule has 0 radical (unpaired) electrons. The van der Waals surface area contributed by atoms with Gasteiger partial charge in [-0.15, -0.1) is 0 Å². The van der Waals surface area contributed by atoms with E-state index >= 15 is 0 Å². The van der Waals surface area contributed by atoms with Crippen LogP contribution in [0.25, 0.3) is 0 Å². The third-order valence-electron chi connectivity index (χ3n) is 5.15. The van der Waals surface area contributed by atoms with Crippen molar-refractivity contribution in [2.45, 2.75) is 13.1 Å². The van der Waals surface area contributed by atoms with Crippen LogP contribution in [0.4, 0.5) is 5.82 Å². The van der Waals surface area contributed by atoms with E-state index < -0.39 is 17.0 Å². The number of anilines is 1. The number of Topliss-reactive ketones (excluding diaryl/α,β-unsaturated/α-hetero) is 1. The maximum atomic E-state index is 13.0. The quantitative estimate of drug-likeness (QED) is 0.500. The minimum Gasteiger partial charge on any atom is -0.497 e. The summed E-state index contributed by atoms with van der Waals surface area (Å²) in [5.74, 6) is 0.235. The summed E-state index contributed by atoms with van der Waals surface area (Å²) in [5, 5.41) is 0. The van der Waals surface area contributed by atoms with E-state index in [1.165, 1.54) is 11.6 Å². The SMILES string of the molecule is COc1cccc(C[NH+](C)CC(=O)c2c(N)n(Cc3ccccc3)c(=O)n(C)c2=O)c1. The Morgan fingerprint density at radius 1 is 1.06 bits per heavy atom. The molecular weight excluding hydrogens is 396 g/mol. The number of quaternary nitrogens is 1. The van der Waals surface area contributed by atoms with Gasteiger partial charge in [0.05, 0.1) is 20.7 Å². The fourth-order valence-corrected chi connectivity index (χ4v) is 3.52. The topological polar surface area (TPSA) is 101 Å². The number of carbonyl (C=O) groups excluding carboxylic acids is 1. The molecule has 1 atom stereocenters. The molecule has 162 valence electrons. The van der Waals surface area contributed by atoms with Crippen molar-refractivity contribution in [3.63, 3.8) is 0 Å². The summed E-state index contributed by atoms with van der Waals surface area (Å²) in [7, 11) is 4.81. The number of rotatable bonds is 8. The first-order chi connectivity index (χ1) is 14.8.